The molecule has 1 aliphatic rings. The van der Waals surface area contributed by atoms with Gasteiger partial charge in [-0.1, -0.05) is 17.3 Å². The summed E-state index contributed by atoms with van der Waals surface area (Å²) in [5.74, 6) is 0.954. The van der Waals surface area contributed by atoms with E-state index in [1.807, 2.05) is 17.0 Å². The Morgan fingerprint density at radius 2 is 2.07 bits per heavy atom. The van der Waals surface area contributed by atoms with E-state index in [1.165, 1.54) is 12.1 Å². The van der Waals surface area contributed by atoms with Gasteiger partial charge in [0.25, 0.3) is 5.89 Å². The van der Waals surface area contributed by atoms with E-state index in [2.05, 4.69) is 15.1 Å². The minimum atomic E-state index is -0.333. The monoisotopic (exact) mass is 367 g/mol. The number of carbonyl (C=O) groups is 1. The number of nitrogens with two attached hydrogens (primary N) is 1. The van der Waals surface area contributed by atoms with Crippen molar-refractivity contribution >= 4 is 11.7 Å². The van der Waals surface area contributed by atoms with Crippen molar-refractivity contribution in [2.45, 2.75) is 25.3 Å². The Bertz CT molecular complexity index is 939. The quantitative estimate of drug-likeness (QED) is 0.743. The number of aromatic nitrogens is 3. The zero-order chi connectivity index (χ0) is 18.8. The van der Waals surface area contributed by atoms with Crippen LogP contribution in [0.3, 0.4) is 0 Å². The van der Waals surface area contributed by atoms with Crippen LogP contribution in [0.1, 0.15) is 24.2 Å². The van der Waals surface area contributed by atoms with Crippen LogP contribution < -0.4 is 10.6 Å². The van der Waals surface area contributed by atoms with Crippen LogP contribution in [0.25, 0.3) is 11.5 Å². The van der Waals surface area contributed by atoms with Gasteiger partial charge in [0.2, 0.25) is 5.91 Å². The van der Waals surface area contributed by atoms with Crippen molar-refractivity contribution in [2.24, 2.45) is 5.73 Å². The summed E-state index contributed by atoms with van der Waals surface area (Å²) >= 11 is 0. The molecule has 2 aromatic heterocycles. The van der Waals surface area contributed by atoms with Gasteiger partial charge in [-0.2, -0.15) is 4.98 Å². The standard InChI is InChI=1S/C19H18FN5O2/c20-14-6-3-12(4-7-14)10-16-23-19(27-24-16)13-5-8-17(22-11-13)25-9-1-2-15(25)18(21)26/h3-8,11,15H,1-2,9-10H2,(H2,21,26)/t15-/m0/s1. The zero-order valence-electron chi connectivity index (χ0n) is 14.5. The molecule has 0 aliphatic carbocycles. The minimum absolute atomic E-state index is 0.282. The van der Waals surface area contributed by atoms with E-state index in [1.54, 1.807) is 18.3 Å². The third-order valence-electron chi connectivity index (χ3n) is 4.61. The first-order chi connectivity index (χ1) is 13.1. The van der Waals surface area contributed by atoms with Gasteiger partial charge in [0.05, 0.1) is 5.56 Å². The lowest BCUT2D eigenvalue weighted by Crippen LogP contribution is -2.40. The summed E-state index contributed by atoms with van der Waals surface area (Å²) in [5, 5.41) is 3.97. The first kappa shape index (κ1) is 17.1. The van der Waals surface area contributed by atoms with Gasteiger partial charge in [0, 0.05) is 19.2 Å². The van der Waals surface area contributed by atoms with E-state index in [4.69, 9.17) is 10.3 Å². The van der Waals surface area contributed by atoms with Gasteiger partial charge in [0.15, 0.2) is 5.82 Å². The third kappa shape index (κ3) is 3.64. The molecule has 0 unspecified atom stereocenters. The number of carbonyl (C=O) groups excluding carboxylic acids is 1. The van der Waals surface area contributed by atoms with Crippen molar-refractivity contribution in [3.05, 3.63) is 59.8 Å². The van der Waals surface area contributed by atoms with Gasteiger partial charge in [-0.05, 0) is 42.7 Å². The molecule has 0 spiro atoms. The second-order valence-electron chi connectivity index (χ2n) is 6.48. The molecule has 27 heavy (non-hydrogen) atoms. The Balaban J connectivity index is 1.49. The number of halogens is 1. The minimum Gasteiger partial charge on any atom is -0.368 e. The Morgan fingerprint density at radius 3 is 2.78 bits per heavy atom. The molecule has 2 N–H and O–H groups in total. The highest BCUT2D eigenvalue weighted by atomic mass is 19.1. The lowest BCUT2D eigenvalue weighted by atomic mass is 10.1. The normalized spacial score (nSPS) is 16.6. The number of primary amides is 1. The highest BCUT2D eigenvalue weighted by Crippen LogP contribution is 2.26. The predicted molar refractivity (Wildman–Crippen MR) is 96.3 cm³/mol. The second-order valence-corrected chi connectivity index (χ2v) is 6.48. The molecular formula is C19H18FN5O2. The van der Waals surface area contributed by atoms with Gasteiger partial charge in [-0.15, -0.1) is 0 Å². The maximum atomic E-state index is 13.0. The van der Waals surface area contributed by atoms with Gasteiger partial charge >= 0.3 is 0 Å². The van der Waals surface area contributed by atoms with E-state index in [-0.39, 0.29) is 17.8 Å². The highest BCUT2D eigenvalue weighted by molar-refractivity contribution is 5.84. The maximum Gasteiger partial charge on any atom is 0.259 e. The summed E-state index contributed by atoms with van der Waals surface area (Å²) in [6.45, 7) is 0.752. The molecule has 0 radical (unpaired) electrons. The molecule has 1 aliphatic heterocycles. The fraction of sp³-hybridized carbons (Fsp3) is 0.263. The Labute approximate surface area is 155 Å². The van der Waals surface area contributed by atoms with Crippen LogP contribution in [0.4, 0.5) is 10.2 Å². The van der Waals surface area contributed by atoms with Gasteiger partial charge in [0.1, 0.15) is 17.7 Å². The van der Waals surface area contributed by atoms with Crippen LogP contribution in [-0.4, -0.2) is 33.6 Å². The van der Waals surface area contributed by atoms with Crippen molar-refractivity contribution < 1.29 is 13.7 Å². The molecular weight excluding hydrogens is 349 g/mol. The lowest BCUT2D eigenvalue weighted by molar-refractivity contribution is -0.119. The molecule has 3 heterocycles. The SMILES string of the molecule is NC(=O)[C@@H]1CCCN1c1ccc(-c2nc(Cc3ccc(F)cc3)no2)cn1. The van der Waals surface area contributed by atoms with E-state index in [9.17, 15) is 9.18 Å². The van der Waals surface area contributed by atoms with E-state index >= 15 is 0 Å². The summed E-state index contributed by atoms with van der Waals surface area (Å²) in [5.41, 5.74) is 7.04. The molecule has 0 bridgehead atoms. The molecule has 1 saturated heterocycles. The highest BCUT2D eigenvalue weighted by Gasteiger charge is 2.29. The van der Waals surface area contributed by atoms with Crippen molar-refractivity contribution in [3.8, 4) is 11.5 Å². The summed E-state index contributed by atoms with van der Waals surface area (Å²) in [6, 6.07) is 9.51. The average molecular weight is 367 g/mol. The Kier molecular flexibility index (Phi) is 4.53. The number of benzene rings is 1. The largest absolute Gasteiger partial charge is 0.368 e. The summed E-state index contributed by atoms with van der Waals surface area (Å²) in [4.78, 5) is 22.3. The van der Waals surface area contributed by atoms with Crippen LogP contribution in [-0.2, 0) is 11.2 Å². The number of amides is 1. The van der Waals surface area contributed by atoms with Gasteiger partial charge < -0.3 is 15.2 Å². The van der Waals surface area contributed by atoms with E-state index < -0.39 is 0 Å². The smallest absolute Gasteiger partial charge is 0.259 e. The lowest BCUT2D eigenvalue weighted by Gasteiger charge is -2.23. The molecule has 1 atom stereocenters. The number of hydrogen-bond acceptors (Lipinski definition) is 6. The number of pyridine rings is 1. The second kappa shape index (κ2) is 7.14. The van der Waals surface area contributed by atoms with Crippen LogP contribution in [0, 0.1) is 5.82 Å². The zero-order valence-corrected chi connectivity index (χ0v) is 14.5. The van der Waals surface area contributed by atoms with Crippen molar-refractivity contribution in [1.29, 1.82) is 0 Å². The fourth-order valence-corrected chi connectivity index (χ4v) is 3.25. The Hall–Kier alpha value is -3.29. The molecule has 3 aromatic rings. The number of anilines is 1. The van der Waals surface area contributed by atoms with Crippen molar-refractivity contribution in [3.63, 3.8) is 0 Å². The van der Waals surface area contributed by atoms with Crippen LogP contribution in [0.5, 0.6) is 0 Å². The topological polar surface area (TPSA) is 98.1 Å². The molecule has 138 valence electrons. The van der Waals surface area contributed by atoms with E-state index in [0.717, 1.165) is 24.9 Å². The average Bonchev–Trinajstić information content (AvgIpc) is 3.33. The fourth-order valence-electron chi connectivity index (χ4n) is 3.25. The van der Waals surface area contributed by atoms with Gasteiger partial charge in [-0.25, -0.2) is 9.37 Å². The van der Waals surface area contributed by atoms with Crippen molar-refractivity contribution in [1.82, 2.24) is 15.1 Å². The first-order valence-corrected chi connectivity index (χ1v) is 8.69. The molecule has 1 amide bonds. The Morgan fingerprint density at radius 1 is 1.26 bits per heavy atom. The number of nitrogens with zero attached hydrogens (tertiary/aromatic N) is 4. The molecule has 4 rings (SSSR count). The molecule has 1 fully saturated rings. The third-order valence-corrected chi connectivity index (χ3v) is 4.61. The number of hydrogen-bond donors (Lipinski definition) is 1. The molecule has 1 aromatic carbocycles. The molecule has 8 heteroatoms. The van der Waals surface area contributed by atoms with Gasteiger partial charge in [-0.3, -0.25) is 4.79 Å². The predicted octanol–water partition coefficient (Wildman–Crippen LogP) is 2.32. The molecule has 0 saturated carbocycles. The van der Waals surface area contributed by atoms with Crippen molar-refractivity contribution in [2.75, 3.05) is 11.4 Å². The van der Waals surface area contributed by atoms with Crippen LogP contribution >= 0.6 is 0 Å². The van der Waals surface area contributed by atoms with E-state index in [0.29, 0.717) is 29.5 Å². The first-order valence-electron chi connectivity index (χ1n) is 8.69. The van der Waals surface area contributed by atoms with Crippen LogP contribution in [0.15, 0.2) is 47.1 Å². The van der Waals surface area contributed by atoms with Crippen LogP contribution in [0.2, 0.25) is 0 Å². The summed E-state index contributed by atoms with van der Waals surface area (Å²) < 4.78 is 18.3. The number of rotatable bonds is 5. The summed E-state index contributed by atoms with van der Waals surface area (Å²) in [6.07, 6.45) is 3.74. The summed E-state index contributed by atoms with van der Waals surface area (Å²) in [7, 11) is 0. The molecule has 7 nitrogen and oxygen atoms in total. The maximum absolute atomic E-state index is 13.0.